The van der Waals surface area contributed by atoms with E-state index < -0.39 is 5.82 Å². The fourth-order valence-electron chi connectivity index (χ4n) is 3.55. The number of nitrogens with zero attached hydrogens (tertiary/aromatic N) is 1. The zero-order valence-electron chi connectivity index (χ0n) is 14.6. The van der Waals surface area contributed by atoms with E-state index in [0.29, 0.717) is 12.1 Å². The summed E-state index contributed by atoms with van der Waals surface area (Å²) in [6.07, 6.45) is 1.82. The van der Waals surface area contributed by atoms with Crippen LogP contribution in [0.15, 0.2) is 18.2 Å². The van der Waals surface area contributed by atoms with Crippen molar-refractivity contribution < 1.29 is 18.7 Å². The van der Waals surface area contributed by atoms with E-state index in [1.807, 2.05) is 11.8 Å². The number of carbonyl (C=O) groups is 1. The van der Waals surface area contributed by atoms with Crippen molar-refractivity contribution in [1.82, 2.24) is 10.2 Å². The van der Waals surface area contributed by atoms with E-state index in [4.69, 9.17) is 9.47 Å². The predicted octanol–water partition coefficient (Wildman–Crippen LogP) is 2.16. The molecule has 2 aliphatic rings. The lowest BCUT2D eigenvalue weighted by Crippen LogP contribution is -2.60. The number of ether oxygens (including phenoxy) is 2. The Labute approximate surface area is 152 Å². The quantitative estimate of drug-likeness (QED) is 0.863. The van der Waals surface area contributed by atoms with E-state index in [1.165, 1.54) is 19.2 Å². The number of nitrogens with one attached hydrogen (secondary N) is 1. The van der Waals surface area contributed by atoms with Crippen molar-refractivity contribution in [2.75, 3.05) is 51.5 Å². The molecule has 1 amide bonds. The summed E-state index contributed by atoms with van der Waals surface area (Å²) in [7, 11) is 1.41. The number of thioether (sulfide) groups is 1. The van der Waals surface area contributed by atoms with Crippen LogP contribution in [0.3, 0.4) is 0 Å². The Hall–Kier alpha value is -1.31. The van der Waals surface area contributed by atoms with E-state index in [2.05, 4.69) is 10.2 Å². The van der Waals surface area contributed by atoms with Crippen LogP contribution in [0, 0.1) is 5.82 Å². The van der Waals surface area contributed by atoms with Gasteiger partial charge in [0.2, 0.25) is 0 Å². The Kier molecular flexibility index (Phi) is 6.19. The highest BCUT2D eigenvalue weighted by atomic mass is 32.2. The van der Waals surface area contributed by atoms with E-state index in [-0.39, 0.29) is 17.2 Å². The van der Waals surface area contributed by atoms with Gasteiger partial charge in [0.05, 0.1) is 7.11 Å². The Morgan fingerprint density at radius 3 is 2.72 bits per heavy atom. The van der Waals surface area contributed by atoms with Crippen molar-refractivity contribution in [3.63, 3.8) is 0 Å². The maximum Gasteiger partial charge on any atom is 0.251 e. The van der Waals surface area contributed by atoms with Gasteiger partial charge in [-0.2, -0.15) is 11.8 Å². The second-order valence-electron chi connectivity index (χ2n) is 6.47. The summed E-state index contributed by atoms with van der Waals surface area (Å²) in [6.45, 7) is 4.08. The molecule has 0 spiro atoms. The minimum atomic E-state index is -0.524. The molecule has 5 nitrogen and oxygen atoms in total. The molecule has 1 aromatic rings. The zero-order chi connectivity index (χ0) is 17.7. The first kappa shape index (κ1) is 18.5. The average molecular weight is 368 g/mol. The van der Waals surface area contributed by atoms with E-state index in [9.17, 15) is 9.18 Å². The molecule has 2 saturated heterocycles. The van der Waals surface area contributed by atoms with Gasteiger partial charge in [-0.1, -0.05) is 0 Å². The minimum Gasteiger partial charge on any atom is -0.494 e. The number of rotatable bonds is 5. The molecule has 2 fully saturated rings. The molecule has 1 aromatic carbocycles. The third-order valence-corrected chi connectivity index (χ3v) is 6.04. The number of methoxy groups -OCH3 is 1. The van der Waals surface area contributed by atoms with Crippen LogP contribution in [0.2, 0.25) is 0 Å². The molecule has 2 aliphatic heterocycles. The molecule has 1 N–H and O–H groups in total. The number of carbonyl (C=O) groups excluding carboxylic acids is 1. The Morgan fingerprint density at radius 2 is 2.08 bits per heavy atom. The molecule has 2 heterocycles. The van der Waals surface area contributed by atoms with Crippen LogP contribution in [0.1, 0.15) is 23.2 Å². The van der Waals surface area contributed by atoms with Crippen LogP contribution in [-0.2, 0) is 4.74 Å². The normalized spacial score (nSPS) is 20.9. The standard InChI is InChI=1S/C18H25FN2O3S/c1-23-16-3-2-14(12-15(16)19)17(22)20-13-18(4-8-24-9-5-18)21-6-10-25-11-7-21/h2-3,12H,4-11,13H2,1H3,(H,20,22). The predicted molar refractivity (Wildman–Crippen MR) is 97.0 cm³/mol. The highest BCUT2D eigenvalue weighted by molar-refractivity contribution is 7.99. The molecule has 0 bridgehead atoms. The average Bonchev–Trinajstić information content (AvgIpc) is 2.67. The van der Waals surface area contributed by atoms with Gasteiger partial charge in [0.15, 0.2) is 11.6 Å². The number of halogens is 1. The van der Waals surface area contributed by atoms with Crippen LogP contribution >= 0.6 is 11.8 Å². The summed E-state index contributed by atoms with van der Waals surface area (Å²) in [6, 6.07) is 4.30. The fourth-order valence-corrected chi connectivity index (χ4v) is 4.45. The van der Waals surface area contributed by atoms with Gasteiger partial charge in [-0.05, 0) is 31.0 Å². The van der Waals surface area contributed by atoms with Gasteiger partial charge in [-0.15, -0.1) is 0 Å². The molecule has 0 saturated carbocycles. The van der Waals surface area contributed by atoms with Gasteiger partial charge < -0.3 is 14.8 Å². The third kappa shape index (κ3) is 4.27. The SMILES string of the molecule is COc1ccc(C(=O)NCC2(N3CCSCC3)CCOCC2)cc1F. The number of amides is 1. The van der Waals surface area contributed by atoms with Crippen molar-refractivity contribution in [3.8, 4) is 5.75 Å². The molecule has 25 heavy (non-hydrogen) atoms. The van der Waals surface area contributed by atoms with E-state index >= 15 is 0 Å². The Balaban J connectivity index is 1.68. The largest absolute Gasteiger partial charge is 0.494 e. The number of hydrogen-bond donors (Lipinski definition) is 1. The lowest BCUT2D eigenvalue weighted by molar-refractivity contribution is -0.0237. The summed E-state index contributed by atoms with van der Waals surface area (Å²) < 4.78 is 24.3. The maximum absolute atomic E-state index is 13.8. The smallest absolute Gasteiger partial charge is 0.251 e. The van der Waals surface area contributed by atoms with Crippen LogP contribution < -0.4 is 10.1 Å². The van der Waals surface area contributed by atoms with E-state index in [0.717, 1.165) is 50.7 Å². The molecule has 0 atom stereocenters. The number of hydrogen-bond acceptors (Lipinski definition) is 5. The summed E-state index contributed by atoms with van der Waals surface area (Å²) >= 11 is 1.97. The first-order valence-corrected chi connectivity index (χ1v) is 9.82. The molecular formula is C18H25FN2O3S. The highest BCUT2D eigenvalue weighted by Gasteiger charge is 2.39. The second kappa shape index (κ2) is 8.38. The molecule has 138 valence electrons. The Morgan fingerprint density at radius 1 is 1.36 bits per heavy atom. The van der Waals surface area contributed by atoms with Crippen LogP contribution in [-0.4, -0.2) is 67.8 Å². The highest BCUT2D eigenvalue weighted by Crippen LogP contribution is 2.30. The van der Waals surface area contributed by atoms with Crippen molar-refractivity contribution in [2.24, 2.45) is 0 Å². The van der Waals surface area contributed by atoms with Crippen LogP contribution in [0.4, 0.5) is 4.39 Å². The summed E-state index contributed by atoms with van der Waals surface area (Å²) in [5.41, 5.74) is 0.259. The van der Waals surface area contributed by atoms with Crippen molar-refractivity contribution in [3.05, 3.63) is 29.6 Å². The van der Waals surface area contributed by atoms with Gasteiger partial charge in [-0.25, -0.2) is 4.39 Å². The summed E-state index contributed by atoms with van der Waals surface area (Å²) in [5, 5.41) is 3.02. The van der Waals surface area contributed by atoms with E-state index in [1.54, 1.807) is 6.07 Å². The lowest BCUT2D eigenvalue weighted by atomic mass is 9.87. The first-order valence-electron chi connectivity index (χ1n) is 8.67. The Bertz CT molecular complexity index is 602. The van der Waals surface area contributed by atoms with Gasteiger partial charge in [-0.3, -0.25) is 9.69 Å². The summed E-state index contributed by atoms with van der Waals surface area (Å²) in [4.78, 5) is 15.0. The van der Waals surface area contributed by atoms with Gasteiger partial charge in [0, 0.05) is 55.5 Å². The molecular weight excluding hydrogens is 343 g/mol. The fraction of sp³-hybridized carbons (Fsp3) is 0.611. The molecule has 3 rings (SSSR count). The molecule has 0 aromatic heterocycles. The van der Waals surface area contributed by atoms with Crippen molar-refractivity contribution in [1.29, 1.82) is 0 Å². The zero-order valence-corrected chi connectivity index (χ0v) is 15.4. The van der Waals surface area contributed by atoms with Gasteiger partial charge in [0.1, 0.15) is 0 Å². The topological polar surface area (TPSA) is 50.8 Å². The monoisotopic (exact) mass is 368 g/mol. The molecule has 7 heteroatoms. The first-order chi connectivity index (χ1) is 12.1. The molecule has 0 unspecified atom stereocenters. The van der Waals surface area contributed by atoms with Crippen molar-refractivity contribution >= 4 is 17.7 Å². The second-order valence-corrected chi connectivity index (χ2v) is 7.69. The van der Waals surface area contributed by atoms with Gasteiger partial charge >= 0.3 is 0 Å². The number of benzene rings is 1. The molecule has 0 radical (unpaired) electrons. The third-order valence-electron chi connectivity index (χ3n) is 5.10. The van der Waals surface area contributed by atoms with Gasteiger partial charge in [0.25, 0.3) is 5.91 Å². The minimum absolute atomic E-state index is 0.0556. The van der Waals surface area contributed by atoms with Crippen LogP contribution in [0.25, 0.3) is 0 Å². The summed E-state index contributed by atoms with van der Waals surface area (Å²) in [5.74, 6) is 1.62. The maximum atomic E-state index is 13.8. The van der Waals surface area contributed by atoms with Crippen molar-refractivity contribution in [2.45, 2.75) is 18.4 Å². The lowest BCUT2D eigenvalue weighted by Gasteiger charge is -2.48. The van der Waals surface area contributed by atoms with Crippen LogP contribution in [0.5, 0.6) is 5.75 Å². The molecule has 0 aliphatic carbocycles.